The Morgan fingerprint density at radius 3 is 2.71 bits per heavy atom. The number of halogens is 2. The number of benzene rings is 2. The van der Waals surface area contributed by atoms with Gasteiger partial charge in [0.15, 0.2) is 0 Å². The van der Waals surface area contributed by atoms with Crippen molar-refractivity contribution in [1.82, 2.24) is 4.90 Å². The van der Waals surface area contributed by atoms with Crippen LogP contribution < -0.4 is 5.32 Å². The molecule has 0 spiro atoms. The Bertz CT molecular complexity index is 767. The lowest BCUT2D eigenvalue weighted by Crippen LogP contribution is -2.34. The Kier molecular flexibility index (Phi) is 4.81. The Labute approximate surface area is 144 Å². The second kappa shape index (κ2) is 7.01. The minimum Gasteiger partial charge on any atom is -0.333 e. The van der Waals surface area contributed by atoms with Crippen molar-refractivity contribution in [2.24, 2.45) is 0 Å². The number of hydrogen-bond donors (Lipinski definition) is 1. The van der Waals surface area contributed by atoms with E-state index in [1.165, 1.54) is 23.1 Å². The van der Waals surface area contributed by atoms with E-state index in [1.807, 2.05) is 30.3 Å². The highest BCUT2D eigenvalue weighted by Crippen LogP contribution is 2.27. The van der Waals surface area contributed by atoms with Crippen LogP contribution in [0, 0.1) is 5.82 Å². The number of likely N-dealkylation sites (tertiary alicyclic amines) is 1. The van der Waals surface area contributed by atoms with Gasteiger partial charge in [-0.15, -0.1) is 0 Å². The molecule has 24 heavy (non-hydrogen) atoms. The molecule has 1 N–H and O–H groups in total. The van der Waals surface area contributed by atoms with Gasteiger partial charge in [-0.25, -0.2) is 4.39 Å². The molecule has 0 saturated carbocycles. The van der Waals surface area contributed by atoms with Gasteiger partial charge in [-0.05, 0) is 23.8 Å². The predicted octanol–water partition coefficient (Wildman–Crippen LogP) is 3.43. The molecular formula is C18H16ClFN2O2. The Morgan fingerprint density at radius 2 is 2.00 bits per heavy atom. The van der Waals surface area contributed by atoms with Gasteiger partial charge in [0, 0.05) is 24.6 Å². The molecule has 1 atom stereocenters. The molecule has 6 heteroatoms. The summed E-state index contributed by atoms with van der Waals surface area (Å²) in [5.41, 5.74) is 1.50. The summed E-state index contributed by atoms with van der Waals surface area (Å²) in [7, 11) is 0. The summed E-state index contributed by atoms with van der Waals surface area (Å²) in [4.78, 5) is 25.8. The lowest BCUT2D eigenvalue weighted by Gasteiger charge is -2.16. The largest absolute Gasteiger partial charge is 0.333 e. The van der Waals surface area contributed by atoms with Crippen molar-refractivity contribution in [3.63, 3.8) is 0 Å². The first kappa shape index (κ1) is 16.5. The lowest BCUT2D eigenvalue weighted by atomic mass is 9.99. The topological polar surface area (TPSA) is 49.4 Å². The van der Waals surface area contributed by atoms with Crippen LogP contribution in [0.2, 0.25) is 5.02 Å². The molecule has 1 saturated heterocycles. The van der Waals surface area contributed by atoms with Gasteiger partial charge in [0.05, 0.1) is 11.6 Å². The quantitative estimate of drug-likeness (QED) is 0.922. The molecule has 1 aliphatic rings. The Hall–Kier alpha value is -2.40. The number of hydrogen-bond acceptors (Lipinski definition) is 2. The van der Waals surface area contributed by atoms with Gasteiger partial charge < -0.3 is 10.2 Å². The van der Waals surface area contributed by atoms with Crippen molar-refractivity contribution >= 4 is 29.1 Å². The molecule has 1 heterocycles. The van der Waals surface area contributed by atoms with Gasteiger partial charge >= 0.3 is 0 Å². The van der Waals surface area contributed by atoms with Gasteiger partial charge in [0.25, 0.3) is 0 Å². The number of nitrogens with zero attached hydrogens (tertiary/aromatic N) is 1. The van der Waals surface area contributed by atoms with E-state index in [2.05, 4.69) is 5.32 Å². The third-order valence-corrected chi connectivity index (χ3v) is 4.31. The van der Waals surface area contributed by atoms with Crippen molar-refractivity contribution < 1.29 is 14.0 Å². The van der Waals surface area contributed by atoms with E-state index in [9.17, 15) is 14.0 Å². The van der Waals surface area contributed by atoms with Gasteiger partial charge in [-0.2, -0.15) is 0 Å². The van der Waals surface area contributed by atoms with E-state index in [0.29, 0.717) is 18.7 Å². The first-order chi connectivity index (χ1) is 11.5. The summed E-state index contributed by atoms with van der Waals surface area (Å²) in [5, 5.41) is 2.57. The molecule has 0 aromatic heterocycles. The molecule has 124 valence electrons. The third-order valence-electron chi connectivity index (χ3n) is 4.02. The highest BCUT2D eigenvalue weighted by molar-refractivity contribution is 6.31. The molecule has 1 unspecified atom stereocenters. The van der Waals surface area contributed by atoms with E-state index >= 15 is 0 Å². The minimum atomic E-state index is -0.546. The van der Waals surface area contributed by atoms with Crippen molar-refractivity contribution in [3.05, 3.63) is 64.9 Å². The maximum atomic E-state index is 13.1. The lowest BCUT2D eigenvalue weighted by molar-refractivity contribution is -0.131. The smallest absolute Gasteiger partial charge is 0.243 e. The van der Waals surface area contributed by atoms with E-state index < -0.39 is 5.82 Å². The van der Waals surface area contributed by atoms with E-state index in [0.717, 1.165) is 5.56 Å². The van der Waals surface area contributed by atoms with E-state index in [1.54, 1.807) is 0 Å². The molecule has 2 aromatic carbocycles. The first-order valence-electron chi connectivity index (χ1n) is 7.60. The minimum absolute atomic E-state index is 0.0306. The van der Waals surface area contributed by atoms with Crippen LogP contribution in [0.1, 0.15) is 17.9 Å². The zero-order valence-electron chi connectivity index (χ0n) is 12.8. The number of nitrogens with one attached hydrogen (secondary N) is 1. The molecule has 1 aliphatic heterocycles. The van der Waals surface area contributed by atoms with Gasteiger partial charge in [0.2, 0.25) is 11.8 Å². The highest BCUT2D eigenvalue weighted by Gasteiger charge is 2.31. The number of carbonyl (C=O) groups is 2. The predicted molar refractivity (Wildman–Crippen MR) is 90.4 cm³/mol. The normalized spacial score (nSPS) is 17.2. The number of anilines is 1. The van der Waals surface area contributed by atoms with Crippen molar-refractivity contribution in [2.75, 3.05) is 18.4 Å². The van der Waals surface area contributed by atoms with Crippen molar-refractivity contribution in [1.29, 1.82) is 0 Å². The molecule has 0 bridgehead atoms. The summed E-state index contributed by atoms with van der Waals surface area (Å²) in [6, 6.07) is 13.7. The van der Waals surface area contributed by atoms with Crippen molar-refractivity contribution in [2.45, 2.75) is 12.3 Å². The van der Waals surface area contributed by atoms with Crippen molar-refractivity contribution in [3.8, 4) is 0 Å². The monoisotopic (exact) mass is 346 g/mol. The fourth-order valence-corrected chi connectivity index (χ4v) is 3.00. The Balaban J connectivity index is 1.60. The average molecular weight is 347 g/mol. The molecule has 0 radical (unpaired) electrons. The Morgan fingerprint density at radius 1 is 1.25 bits per heavy atom. The fourth-order valence-electron chi connectivity index (χ4n) is 2.82. The molecule has 2 aromatic rings. The van der Waals surface area contributed by atoms with Crippen LogP contribution in [0.4, 0.5) is 10.1 Å². The molecule has 2 amide bonds. The van der Waals surface area contributed by atoms with E-state index in [4.69, 9.17) is 11.6 Å². The van der Waals surface area contributed by atoms with Crippen LogP contribution >= 0.6 is 11.6 Å². The van der Waals surface area contributed by atoms with Crippen LogP contribution in [-0.4, -0.2) is 29.8 Å². The number of rotatable bonds is 4. The van der Waals surface area contributed by atoms with Gasteiger partial charge in [0.1, 0.15) is 5.82 Å². The van der Waals surface area contributed by atoms with Gasteiger partial charge in [-0.3, -0.25) is 9.59 Å². The zero-order valence-corrected chi connectivity index (χ0v) is 13.6. The van der Waals surface area contributed by atoms with Crippen LogP contribution in [0.3, 0.4) is 0 Å². The molecular weight excluding hydrogens is 331 g/mol. The summed E-state index contributed by atoms with van der Waals surface area (Å²) in [6.07, 6.45) is 0.402. The summed E-state index contributed by atoms with van der Waals surface area (Å²) >= 11 is 5.69. The number of carbonyl (C=O) groups excluding carboxylic acids is 2. The third kappa shape index (κ3) is 3.74. The van der Waals surface area contributed by atoms with Crippen LogP contribution in [0.25, 0.3) is 0 Å². The van der Waals surface area contributed by atoms with Crippen LogP contribution in [0.5, 0.6) is 0 Å². The van der Waals surface area contributed by atoms with E-state index in [-0.39, 0.29) is 29.3 Å². The standard InChI is InChI=1S/C18H16ClFN2O2/c19-15-9-14(6-7-16(15)20)21-17(23)11-22-10-13(8-18(22)24)12-4-2-1-3-5-12/h1-7,9,13H,8,10-11H2,(H,21,23). The highest BCUT2D eigenvalue weighted by atomic mass is 35.5. The molecule has 3 rings (SSSR count). The number of amides is 2. The van der Waals surface area contributed by atoms with Crippen LogP contribution in [-0.2, 0) is 9.59 Å². The SMILES string of the molecule is O=C(CN1CC(c2ccccc2)CC1=O)Nc1ccc(F)c(Cl)c1. The first-order valence-corrected chi connectivity index (χ1v) is 7.98. The molecule has 0 aliphatic carbocycles. The second-order valence-corrected chi connectivity index (χ2v) is 6.17. The van der Waals surface area contributed by atoms with Crippen LogP contribution in [0.15, 0.2) is 48.5 Å². The molecule has 1 fully saturated rings. The summed E-state index contributed by atoms with van der Waals surface area (Å²) in [5.74, 6) is -0.822. The summed E-state index contributed by atoms with van der Waals surface area (Å²) < 4.78 is 13.1. The average Bonchev–Trinajstić information content (AvgIpc) is 2.93. The van der Waals surface area contributed by atoms with Gasteiger partial charge in [-0.1, -0.05) is 41.9 Å². The maximum Gasteiger partial charge on any atom is 0.243 e. The summed E-state index contributed by atoms with van der Waals surface area (Å²) in [6.45, 7) is 0.484. The maximum absolute atomic E-state index is 13.1. The molecule has 4 nitrogen and oxygen atoms in total. The fraction of sp³-hybridized carbons (Fsp3) is 0.222. The zero-order chi connectivity index (χ0) is 17.1. The second-order valence-electron chi connectivity index (χ2n) is 5.76.